The van der Waals surface area contributed by atoms with Gasteiger partial charge in [-0.05, 0) is 46.5 Å². The van der Waals surface area contributed by atoms with Crippen LogP contribution in [0.15, 0.2) is 104 Å². The Labute approximate surface area is 168 Å². The molecular weight excluding hydrogens is 371 g/mol. The average molecular weight is 391 g/mol. The van der Waals surface area contributed by atoms with Gasteiger partial charge >= 0.3 is 6.18 Å². The zero-order valence-corrected chi connectivity index (χ0v) is 15.7. The number of alkyl halides is 3. The first-order valence-corrected chi connectivity index (χ1v) is 9.00. The molecule has 0 saturated heterocycles. The molecule has 0 fully saturated rings. The van der Waals surface area contributed by atoms with Crippen molar-refractivity contribution in [3.8, 4) is 11.1 Å². The molecular formula is C25H20F3N. The zero-order valence-electron chi connectivity index (χ0n) is 15.7. The lowest BCUT2D eigenvalue weighted by Gasteiger charge is -2.12. The largest absolute Gasteiger partial charge is 0.416 e. The van der Waals surface area contributed by atoms with Crippen molar-refractivity contribution in [3.05, 3.63) is 120 Å². The minimum Gasteiger partial charge on any atom is -0.356 e. The van der Waals surface area contributed by atoms with Gasteiger partial charge in [0.15, 0.2) is 0 Å². The lowest BCUT2D eigenvalue weighted by molar-refractivity contribution is -0.137. The summed E-state index contributed by atoms with van der Waals surface area (Å²) in [4.78, 5) is 0. The molecule has 0 radical (unpaired) electrons. The van der Waals surface area contributed by atoms with Gasteiger partial charge in [-0.3, -0.25) is 0 Å². The molecule has 1 nitrogen and oxygen atoms in total. The van der Waals surface area contributed by atoms with Gasteiger partial charge in [0, 0.05) is 11.4 Å². The van der Waals surface area contributed by atoms with Gasteiger partial charge in [-0.15, -0.1) is 0 Å². The van der Waals surface area contributed by atoms with E-state index in [4.69, 9.17) is 0 Å². The summed E-state index contributed by atoms with van der Waals surface area (Å²) in [5.74, 6) is 0. The normalized spacial score (nSPS) is 11.8. The fourth-order valence-corrected chi connectivity index (χ4v) is 2.83. The molecule has 0 saturated carbocycles. The SMILES string of the molecule is C=C/C(=C\c1ccc(-c2ccccc2)cc1)NC(=C)c1ccc(C(F)(F)F)cc1. The third kappa shape index (κ3) is 5.26. The zero-order chi connectivity index (χ0) is 20.9. The van der Waals surface area contributed by atoms with Crippen LogP contribution in [0.1, 0.15) is 16.7 Å². The topological polar surface area (TPSA) is 12.0 Å². The second kappa shape index (κ2) is 8.65. The van der Waals surface area contributed by atoms with E-state index in [0.29, 0.717) is 17.0 Å². The minimum absolute atomic E-state index is 0.491. The van der Waals surface area contributed by atoms with Gasteiger partial charge in [-0.2, -0.15) is 13.2 Å². The van der Waals surface area contributed by atoms with Gasteiger partial charge in [-0.25, -0.2) is 0 Å². The standard InChI is InChI=1S/C25H20F3N/c1-3-24(29-18(2)20-13-15-23(16-14-20)25(26,27)28)17-19-9-11-22(12-10-19)21-7-5-4-6-8-21/h3-17,29H,1-2H2/b24-17+. The molecule has 0 aliphatic rings. The molecule has 0 amide bonds. The summed E-state index contributed by atoms with van der Waals surface area (Å²) in [6.45, 7) is 7.71. The molecule has 146 valence electrons. The van der Waals surface area contributed by atoms with Crippen molar-refractivity contribution in [2.24, 2.45) is 0 Å². The smallest absolute Gasteiger partial charge is 0.356 e. The Hall–Kier alpha value is -3.53. The first-order chi connectivity index (χ1) is 13.9. The molecule has 4 heteroatoms. The molecule has 29 heavy (non-hydrogen) atoms. The number of allylic oxidation sites excluding steroid dienone is 1. The Balaban J connectivity index is 1.73. The maximum atomic E-state index is 12.7. The van der Waals surface area contributed by atoms with Crippen LogP contribution in [0.25, 0.3) is 22.9 Å². The Morgan fingerprint density at radius 3 is 1.93 bits per heavy atom. The highest BCUT2D eigenvalue weighted by atomic mass is 19.4. The Kier molecular flexibility index (Phi) is 6.03. The Bertz CT molecular complexity index is 1010. The van der Waals surface area contributed by atoms with Gasteiger partial charge in [0.05, 0.1) is 5.56 Å². The number of benzene rings is 3. The molecule has 1 N–H and O–H groups in total. The number of rotatable bonds is 6. The van der Waals surface area contributed by atoms with E-state index in [0.717, 1.165) is 28.8 Å². The van der Waals surface area contributed by atoms with E-state index in [1.165, 1.54) is 12.1 Å². The van der Waals surface area contributed by atoms with Gasteiger partial charge in [0.1, 0.15) is 0 Å². The van der Waals surface area contributed by atoms with E-state index in [1.54, 1.807) is 6.08 Å². The van der Waals surface area contributed by atoms with E-state index in [-0.39, 0.29) is 0 Å². The highest BCUT2D eigenvalue weighted by Crippen LogP contribution is 2.29. The van der Waals surface area contributed by atoms with Crippen LogP contribution in [0, 0.1) is 0 Å². The number of hydrogen-bond acceptors (Lipinski definition) is 1. The molecule has 0 unspecified atom stereocenters. The lowest BCUT2D eigenvalue weighted by atomic mass is 10.0. The predicted octanol–water partition coefficient (Wildman–Crippen LogP) is 7.16. The summed E-state index contributed by atoms with van der Waals surface area (Å²) in [6.07, 6.45) is -0.817. The summed E-state index contributed by atoms with van der Waals surface area (Å²) in [5, 5.41) is 3.10. The van der Waals surface area contributed by atoms with Crippen molar-refractivity contribution >= 4 is 11.8 Å². The van der Waals surface area contributed by atoms with Crippen LogP contribution in [-0.4, -0.2) is 0 Å². The molecule has 0 aliphatic heterocycles. The predicted molar refractivity (Wildman–Crippen MR) is 114 cm³/mol. The third-order valence-electron chi connectivity index (χ3n) is 4.42. The number of nitrogens with one attached hydrogen (secondary N) is 1. The van der Waals surface area contributed by atoms with Gasteiger partial charge in [0.25, 0.3) is 0 Å². The molecule has 0 heterocycles. The maximum Gasteiger partial charge on any atom is 0.416 e. The quantitative estimate of drug-likeness (QED) is 0.440. The van der Waals surface area contributed by atoms with Crippen molar-refractivity contribution in [2.45, 2.75) is 6.18 Å². The summed E-state index contributed by atoms with van der Waals surface area (Å²) >= 11 is 0. The van der Waals surface area contributed by atoms with Gasteiger partial charge < -0.3 is 5.32 Å². The van der Waals surface area contributed by atoms with Crippen molar-refractivity contribution < 1.29 is 13.2 Å². The highest BCUT2D eigenvalue weighted by molar-refractivity contribution is 5.69. The summed E-state index contributed by atoms with van der Waals surface area (Å²) in [5.41, 5.74) is 4.29. The molecule has 0 bridgehead atoms. The minimum atomic E-state index is -4.36. The molecule has 3 rings (SSSR count). The number of halogens is 3. The van der Waals surface area contributed by atoms with E-state index >= 15 is 0 Å². The van der Waals surface area contributed by atoms with Crippen LogP contribution in [0.2, 0.25) is 0 Å². The lowest BCUT2D eigenvalue weighted by Crippen LogP contribution is -2.10. The first-order valence-electron chi connectivity index (χ1n) is 9.00. The number of hydrogen-bond donors (Lipinski definition) is 1. The molecule has 3 aromatic rings. The Morgan fingerprint density at radius 1 is 0.793 bits per heavy atom. The molecule has 0 aromatic heterocycles. The van der Waals surface area contributed by atoms with Gasteiger partial charge in [-0.1, -0.05) is 79.9 Å². The van der Waals surface area contributed by atoms with Crippen molar-refractivity contribution in [1.29, 1.82) is 0 Å². The van der Waals surface area contributed by atoms with Crippen LogP contribution < -0.4 is 5.32 Å². The highest BCUT2D eigenvalue weighted by Gasteiger charge is 2.29. The van der Waals surface area contributed by atoms with Crippen LogP contribution in [0.4, 0.5) is 13.2 Å². The van der Waals surface area contributed by atoms with Gasteiger partial charge in [0.2, 0.25) is 0 Å². The van der Waals surface area contributed by atoms with Crippen LogP contribution in [-0.2, 0) is 6.18 Å². The van der Waals surface area contributed by atoms with Crippen LogP contribution in [0.3, 0.4) is 0 Å². The molecule has 3 aromatic carbocycles. The molecule has 0 aliphatic carbocycles. The van der Waals surface area contributed by atoms with E-state index in [2.05, 4.69) is 30.6 Å². The van der Waals surface area contributed by atoms with Crippen molar-refractivity contribution in [3.63, 3.8) is 0 Å². The fourth-order valence-electron chi connectivity index (χ4n) is 2.83. The summed E-state index contributed by atoms with van der Waals surface area (Å²) in [6, 6.07) is 23.0. The summed E-state index contributed by atoms with van der Waals surface area (Å²) in [7, 11) is 0. The van der Waals surface area contributed by atoms with E-state index in [1.807, 2.05) is 48.5 Å². The van der Waals surface area contributed by atoms with Crippen molar-refractivity contribution in [1.82, 2.24) is 5.32 Å². The summed E-state index contributed by atoms with van der Waals surface area (Å²) < 4.78 is 38.1. The second-order valence-corrected chi connectivity index (χ2v) is 6.47. The van der Waals surface area contributed by atoms with E-state index in [9.17, 15) is 13.2 Å². The monoisotopic (exact) mass is 391 g/mol. The van der Waals surface area contributed by atoms with Crippen molar-refractivity contribution in [2.75, 3.05) is 0 Å². The third-order valence-corrected chi connectivity index (χ3v) is 4.42. The maximum absolute atomic E-state index is 12.7. The van der Waals surface area contributed by atoms with Crippen LogP contribution in [0.5, 0.6) is 0 Å². The second-order valence-electron chi connectivity index (χ2n) is 6.47. The molecule has 0 atom stereocenters. The Morgan fingerprint density at radius 2 is 1.38 bits per heavy atom. The fraction of sp³-hybridized carbons (Fsp3) is 0.0400. The molecule has 0 spiro atoms. The van der Waals surface area contributed by atoms with E-state index < -0.39 is 11.7 Å². The van der Waals surface area contributed by atoms with Crippen LogP contribution >= 0.6 is 0 Å². The first kappa shape index (κ1) is 20.2. The average Bonchev–Trinajstić information content (AvgIpc) is 2.74.